The molecule has 2 heterocycles. The molecule has 1 aliphatic heterocycles. The lowest BCUT2D eigenvalue weighted by atomic mass is 9.43. The van der Waals surface area contributed by atoms with E-state index in [2.05, 4.69) is 60.4 Å². The molecule has 1 amide bonds. The average molecular weight is 507 g/mol. The molecule has 1 aromatic carbocycles. The molecule has 4 aliphatic rings. The van der Waals surface area contributed by atoms with Crippen LogP contribution in [0.3, 0.4) is 0 Å². The first kappa shape index (κ1) is 26.4. The van der Waals surface area contributed by atoms with Crippen molar-refractivity contribution in [2.45, 2.75) is 96.3 Å². The van der Waals surface area contributed by atoms with Gasteiger partial charge in [0, 0.05) is 6.42 Å². The first-order valence-electron chi connectivity index (χ1n) is 14.0. The summed E-state index contributed by atoms with van der Waals surface area (Å²) in [5, 5.41) is 7.73. The number of hydrogen-bond acceptors (Lipinski definition) is 6. The van der Waals surface area contributed by atoms with E-state index >= 15 is 0 Å². The average Bonchev–Trinajstić information content (AvgIpc) is 3.47. The van der Waals surface area contributed by atoms with Crippen LogP contribution in [-0.4, -0.2) is 52.0 Å². The third-order valence-corrected chi connectivity index (χ3v) is 9.21. The molecule has 0 radical (unpaired) electrons. The molecule has 200 valence electrons. The minimum atomic E-state index is -0.434. The highest BCUT2D eigenvalue weighted by molar-refractivity contribution is 6.47. The maximum absolute atomic E-state index is 13.1. The number of carbonyl (C=O) groups is 1. The Balaban J connectivity index is 1.16. The van der Waals surface area contributed by atoms with E-state index in [1.807, 2.05) is 6.07 Å². The molecule has 2 aromatic rings. The Hall–Kier alpha value is -2.23. The van der Waals surface area contributed by atoms with Crippen LogP contribution in [0.4, 0.5) is 0 Å². The predicted octanol–water partition coefficient (Wildman–Crippen LogP) is 3.33. The van der Waals surface area contributed by atoms with Crippen molar-refractivity contribution in [2.24, 2.45) is 23.0 Å². The van der Waals surface area contributed by atoms with Crippen LogP contribution in [0.1, 0.15) is 70.7 Å². The number of aromatic nitrogens is 3. The minimum Gasteiger partial charge on any atom is -0.404 e. The highest BCUT2D eigenvalue weighted by Crippen LogP contribution is 2.65. The number of nitrogens with two attached hydrogens (primary N) is 1. The fourth-order valence-electron chi connectivity index (χ4n) is 6.87. The SMILES string of the molecule is CC1(C)C2CC3OB(C(CCCCN)NC(=O)Cn4cnc(CCCc5ccccc5)n4)OC3(C)C1C2. The van der Waals surface area contributed by atoms with Gasteiger partial charge in [0.15, 0.2) is 5.82 Å². The molecule has 3 N–H and O–H groups in total. The Labute approximate surface area is 221 Å². The third-order valence-electron chi connectivity index (χ3n) is 9.21. The summed E-state index contributed by atoms with van der Waals surface area (Å²) in [6.07, 6.45) is 9.32. The van der Waals surface area contributed by atoms with Crippen molar-refractivity contribution in [3.05, 3.63) is 48.0 Å². The largest absolute Gasteiger partial charge is 0.481 e. The molecule has 3 aliphatic carbocycles. The Bertz CT molecular complexity index is 1060. The first-order chi connectivity index (χ1) is 17.8. The molecular formula is C28H42BN5O3. The monoisotopic (exact) mass is 507 g/mol. The van der Waals surface area contributed by atoms with Crippen molar-refractivity contribution >= 4 is 13.0 Å². The van der Waals surface area contributed by atoms with E-state index < -0.39 is 7.12 Å². The standard InChI is InChI=1S/C28H42BN5O3/c1-27(2)21-16-22(27)28(3)23(17-21)36-29(37-28)24(13-7-8-15-30)32-26(35)18-34-19-31-25(33-34)14-9-12-20-10-5-4-6-11-20/h4-6,10-11,19,21-24H,7-9,12-18,30H2,1-3H3,(H,32,35). The first-order valence-corrected chi connectivity index (χ1v) is 14.0. The zero-order valence-electron chi connectivity index (χ0n) is 22.6. The Morgan fingerprint density at radius 3 is 2.76 bits per heavy atom. The van der Waals surface area contributed by atoms with Crippen LogP contribution in [-0.2, 0) is 33.5 Å². The summed E-state index contributed by atoms with van der Waals surface area (Å²) in [5.41, 5.74) is 7.05. The van der Waals surface area contributed by atoms with Gasteiger partial charge in [-0.25, -0.2) is 9.67 Å². The Kier molecular flexibility index (Phi) is 7.75. The van der Waals surface area contributed by atoms with Crippen molar-refractivity contribution in [3.8, 4) is 0 Å². The quantitative estimate of drug-likeness (QED) is 0.337. The van der Waals surface area contributed by atoms with E-state index in [9.17, 15) is 4.79 Å². The number of unbranched alkanes of at least 4 members (excludes halogenated alkanes) is 1. The highest BCUT2D eigenvalue weighted by Gasteiger charge is 2.68. The second-order valence-corrected chi connectivity index (χ2v) is 12.0. The van der Waals surface area contributed by atoms with Crippen molar-refractivity contribution in [1.29, 1.82) is 0 Å². The number of benzene rings is 1. The lowest BCUT2D eigenvalue weighted by Crippen LogP contribution is -2.65. The van der Waals surface area contributed by atoms with Gasteiger partial charge < -0.3 is 20.4 Å². The summed E-state index contributed by atoms with van der Waals surface area (Å²) < 4.78 is 14.8. The van der Waals surface area contributed by atoms with E-state index in [1.54, 1.807) is 11.0 Å². The zero-order valence-corrected chi connectivity index (χ0v) is 22.6. The lowest BCUT2D eigenvalue weighted by Gasteiger charge is -2.64. The number of rotatable bonds is 12. The molecule has 8 nitrogen and oxygen atoms in total. The van der Waals surface area contributed by atoms with Gasteiger partial charge in [-0.2, -0.15) is 5.10 Å². The maximum Gasteiger partial charge on any atom is 0.481 e. The maximum atomic E-state index is 13.1. The van der Waals surface area contributed by atoms with E-state index in [0.717, 1.165) is 50.8 Å². The number of nitrogens with zero attached hydrogens (tertiary/aromatic N) is 3. The molecule has 3 saturated carbocycles. The predicted molar refractivity (Wildman–Crippen MR) is 143 cm³/mol. The fourth-order valence-corrected chi connectivity index (χ4v) is 6.87. The molecule has 9 heteroatoms. The van der Waals surface area contributed by atoms with Gasteiger partial charge in [-0.05, 0) is 74.8 Å². The fraction of sp³-hybridized carbons (Fsp3) is 0.679. The molecule has 0 spiro atoms. The molecule has 4 fully saturated rings. The normalized spacial score (nSPS) is 28.4. The van der Waals surface area contributed by atoms with E-state index in [0.29, 0.717) is 18.4 Å². The Morgan fingerprint density at radius 2 is 2.00 bits per heavy atom. The van der Waals surface area contributed by atoms with Crippen molar-refractivity contribution in [2.75, 3.05) is 6.54 Å². The zero-order chi connectivity index (χ0) is 26.0. The van der Waals surface area contributed by atoms with Crippen LogP contribution in [0.5, 0.6) is 0 Å². The van der Waals surface area contributed by atoms with Gasteiger partial charge in [0.2, 0.25) is 5.91 Å². The third kappa shape index (κ3) is 5.50. The van der Waals surface area contributed by atoms with Crippen LogP contribution in [0.15, 0.2) is 36.7 Å². The summed E-state index contributed by atoms with van der Waals surface area (Å²) in [6.45, 7) is 7.70. The van der Waals surface area contributed by atoms with Gasteiger partial charge in [0.25, 0.3) is 0 Å². The lowest BCUT2D eigenvalue weighted by molar-refractivity contribution is -0.199. The molecule has 5 unspecified atom stereocenters. The summed E-state index contributed by atoms with van der Waals surface area (Å²) in [6, 6.07) is 10.4. The van der Waals surface area contributed by atoms with E-state index in [4.69, 9.17) is 15.0 Å². The topological polar surface area (TPSA) is 104 Å². The summed E-state index contributed by atoms with van der Waals surface area (Å²) in [4.78, 5) is 17.5. The smallest absolute Gasteiger partial charge is 0.404 e. The van der Waals surface area contributed by atoms with Crippen LogP contribution < -0.4 is 11.1 Å². The van der Waals surface area contributed by atoms with Gasteiger partial charge in [0.05, 0.1) is 17.6 Å². The number of aryl methyl sites for hydroxylation is 2. The van der Waals surface area contributed by atoms with Crippen LogP contribution >= 0.6 is 0 Å². The highest BCUT2D eigenvalue weighted by atomic mass is 16.7. The van der Waals surface area contributed by atoms with Gasteiger partial charge in [-0.1, -0.05) is 50.6 Å². The van der Waals surface area contributed by atoms with Crippen molar-refractivity contribution < 1.29 is 14.1 Å². The number of hydrogen-bond donors (Lipinski definition) is 2. The molecule has 1 saturated heterocycles. The number of nitrogens with one attached hydrogen (secondary N) is 1. The molecular weight excluding hydrogens is 465 g/mol. The van der Waals surface area contributed by atoms with Gasteiger partial charge in [-0.15, -0.1) is 0 Å². The van der Waals surface area contributed by atoms with Gasteiger partial charge >= 0.3 is 7.12 Å². The number of amides is 1. The van der Waals surface area contributed by atoms with E-state index in [1.165, 1.54) is 12.0 Å². The van der Waals surface area contributed by atoms with Gasteiger partial charge in [-0.3, -0.25) is 4.79 Å². The second kappa shape index (κ2) is 10.9. The molecule has 1 aromatic heterocycles. The van der Waals surface area contributed by atoms with Crippen molar-refractivity contribution in [1.82, 2.24) is 20.1 Å². The van der Waals surface area contributed by atoms with Crippen molar-refractivity contribution in [3.63, 3.8) is 0 Å². The molecule has 5 atom stereocenters. The summed E-state index contributed by atoms with van der Waals surface area (Å²) in [5.74, 6) is 1.64. The number of carbonyl (C=O) groups excluding carboxylic acids is 1. The molecule has 2 bridgehead atoms. The van der Waals surface area contributed by atoms with Crippen LogP contribution in [0.2, 0.25) is 0 Å². The Morgan fingerprint density at radius 1 is 1.19 bits per heavy atom. The second-order valence-electron chi connectivity index (χ2n) is 12.0. The minimum absolute atomic E-state index is 0.0944. The molecule has 6 rings (SSSR count). The summed E-state index contributed by atoms with van der Waals surface area (Å²) >= 11 is 0. The molecule has 37 heavy (non-hydrogen) atoms. The van der Waals surface area contributed by atoms with Crippen LogP contribution in [0.25, 0.3) is 0 Å². The van der Waals surface area contributed by atoms with Crippen LogP contribution in [0, 0.1) is 17.3 Å². The van der Waals surface area contributed by atoms with E-state index in [-0.39, 0.29) is 35.5 Å². The summed E-state index contributed by atoms with van der Waals surface area (Å²) in [7, 11) is -0.434. The van der Waals surface area contributed by atoms with Gasteiger partial charge in [0.1, 0.15) is 12.9 Å².